The van der Waals surface area contributed by atoms with Gasteiger partial charge in [0.2, 0.25) is 0 Å². The van der Waals surface area contributed by atoms with E-state index in [1.807, 2.05) is 19.1 Å². The number of imidazole rings is 1. The van der Waals surface area contributed by atoms with Crippen molar-refractivity contribution in [3.63, 3.8) is 0 Å². The van der Waals surface area contributed by atoms with Crippen molar-refractivity contribution < 1.29 is 4.74 Å². The maximum absolute atomic E-state index is 5.94. The molecule has 0 fully saturated rings. The van der Waals surface area contributed by atoms with E-state index in [1.165, 1.54) is 0 Å². The van der Waals surface area contributed by atoms with Crippen LogP contribution >= 0.6 is 11.6 Å². The van der Waals surface area contributed by atoms with Crippen LogP contribution in [0.3, 0.4) is 0 Å². The molecule has 0 aromatic carbocycles. The third-order valence-corrected chi connectivity index (χ3v) is 2.96. The Balaban J connectivity index is 2.60. The number of rotatable bonds is 4. The minimum Gasteiger partial charge on any atom is -0.383 e. The molecule has 0 bridgehead atoms. The molecule has 2 rings (SSSR count). The number of fused-ring (bicyclic) bond motifs is 1. The van der Waals surface area contributed by atoms with E-state index >= 15 is 0 Å². The zero-order valence-corrected chi connectivity index (χ0v) is 11.0. The van der Waals surface area contributed by atoms with Crippen LogP contribution in [-0.2, 0) is 10.6 Å². The predicted octanol–water partition coefficient (Wildman–Crippen LogP) is 2.69. The molecule has 2 aromatic rings. The van der Waals surface area contributed by atoms with Gasteiger partial charge in [0.25, 0.3) is 0 Å². The summed E-state index contributed by atoms with van der Waals surface area (Å²) < 4.78 is 7.24. The van der Waals surface area contributed by atoms with Gasteiger partial charge in [0, 0.05) is 12.8 Å². The lowest BCUT2D eigenvalue weighted by Crippen LogP contribution is -2.14. The number of halogens is 1. The number of hydrogen-bond donors (Lipinski definition) is 0. The molecule has 1 atom stereocenters. The summed E-state index contributed by atoms with van der Waals surface area (Å²) >= 11 is 5.94. The normalized spacial score (nSPS) is 13.2. The third-order valence-electron chi connectivity index (χ3n) is 2.72. The van der Waals surface area contributed by atoms with Gasteiger partial charge in [-0.05, 0) is 26.0 Å². The van der Waals surface area contributed by atoms with Gasteiger partial charge in [-0.25, -0.2) is 9.97 Å². The quantitative estimate of drug-likeness (QED) is 0.787. The van der Waals surface area contributed by atoms with Crippen LogP contribution in [0, 0.1) is 6.92 Å². The molecule has 0 aliphatic heterocycles. The van der Waals surface area contributed by atoms with Gasteiger partial charge in [0.05, 0.1) is 18.5 Å². The van der Waals surface area contributed by atoms with Crippen molar-refractivity contribution in [3.05, 3.63) is 23.7 Å². The highest BCUT2D eigenvalue weighted by molar-refractivity contribution is 6.16. The van der Waals surface area contributed by atoms with E-state index in [4.69, 9.17) is 16.3 Å². The molecule has 0 radical (unpaired) electrons. The summed E-state index contributed by atoms with van der Waals surface area (Å²) in [4.78, 5) is 9.02. The summed E-state index contributed by atoms with van der Waals surface area (Å²) in [6.45, 7) is 4.66. The number of pyridine rings is 1. The van der Waals surface area contributed by atoms with Crippen LogP contribution in [0.5, 0.6) is 0 Å². The first-order valence-corrected chi connectivity index (χ1v) is 6.10. The van der Waals surface area contributed by atoms with Crippen molar-refractivity contribution in [2.24, 2.45) is 0 Å². The van der Waals surface area contributed by atoms with Crippen LogP contribution in [0.1, 0.15) is 24.5 Å². The molecule has 1 unspecified atom stereocenters. The first kappa shape index (κ1) is 12.3. The third kappa shape index (κ3) is 2.28. The molecule has 4 nitrogen and oxygen atoms in total. The number of aromatic nitrogens is 3. The van der Waals surface area contributed by atoms with Crippen LogP contribution in [0.4, 0.5) is 0 Å². The topological polar surface area (TPSA) is 39.9 Å². The SMILES string of the molecule is COCC(C)n1c(CCl)nc2ccc(C)nc21. The lowest BCUT2D eigenvalue weighted by atomic mass is 10.3. The molecule has 0 aliphatic rings. The second kappa shape index (κ2) is 5.02. The Morgan fingerprint density at radius 2 is 2.18 bits per heavy atom. The molecule has 0 aliphatic carbocycles. The molecule has 92 valence electrons. The first-order chi connectivity index (χ1) is 8.17. The van der Waals surface area contributed by atoms with E-state index in [1.54, 1.807) is 7.11 Å². The van der Waals surface area contributed by atoms with Crippen molar-refractivity contribution in [1.29, 1.82) is 0 Å². The Kier molecular flexibility index (Phi) is 3.64. The van der Waals surface area contributed by atoms with E-state index in [0.717, 1.165) is 22.7 Å². The van der Waals surface area contributed by atoms with Crippen LogP contribution in [-0.4, -0.2) is 28.3 Å². The number of alkyl halides is 1. The van der Waals surface area contributed by atoms with Crippen molar-refractivity contribution in [2.45, 2.75) is 25.8 Å². The van der Waals surface area contributed by atoms with Crippen LogP contribution in [0.15, 0.2) is 12.1 Å². The van der Waals surface area contributed by atoms with Crippen molar-refractivity contribution in [1.82, 2.24) is 14.5 Å². The van der Waals surface area contributed by atoms with E-state index < -0.39 is 0 Å². The van der Waals surface area contributed by atoms with Gasteiger partial charge in [0.1, 0.15) is 11.3 Å². The highest BCUT2D eigenvalue weighted by Gasteiger charge is 2.16. The highest BCUT2D eigenvalue weighted by Crippen LogP contribution is 2.21. The van der Waals surface area contributed by atoms with E-state index in [9.17, 15) is 0 Å². The summed E-state index contributed by atoms with van der Waals surface area (Å²) in [5.74, 6) is 1.22. The molecule has 17 heavy (non-hydrogen) atoms. The van der Waals surface area contributed by atoms with Gasteiger partial charge < -0.3 is 9.30 Å². The largest absolute Gasteiger partial charge is 0.383 e. The number of methoxy groups -OCH3 is 1. The summed E-state index contributed by atoms with van der Waals surface area (Å²) in [6, 6.07) is 4.11. The van der Waals surface area contributed by atoms with Gasteiger partial charge in [0.15, 0.2) is 5.65 Å². The monoisotopic (exact) mass is 253 g/mol. The molecule has 0 N–H and O–H groups in total. The van der Waals surface area contributed by atoms with Crippen LogP contribution < -0.4 is 0 Å². The molecule has 2 aromatic heterocycles. The van der Waals surface area contributed by atoms with Gasteiger partial charge >= 0.3 is 0 Å². The standard InChI is InChI=1S/C12H16ClN3O/c1-8-4-5-10-12(14-8)16(9(2)7-17-3)11(6-13)15-10/h4-5,9H,6-7H2,1-3H3. The Morgan fingerprint density at radius 3 is 2.82 bits per heavy atom. The molecule has 0 amide bonds. The van der Waals surface area contributed by atoms with Gasteiger partial charge in [-0.1, -0.05) is 0 Å². The number of ether oxygens (including phenoxy) is 1. The van der Waals surface area contributed by atoms with E-state index in [2.05, 4.69) is 21.5 Å². The summed E-state index contributed by atoms with van der Waals surface area (Å²) in [6.07, 6.45) is 0. The maximum Gasteiger partial charge on any atom is 0.160 e. The molecule has 0 spiro atoms. The summed E-state index contributed by atoms with van der Waals surface area (Å²) in [7, 11) is 1.69. The van der Waals surface area contributed by atoms with Gasteiger partial charge in [-0.3, -0.25) is 0 Å². The lowest BCUT2D eigenvalue weighted by molar-refractivity contribution is 0.162. The fraction of sp³-hybridized carbons (Fsp3) is 0.500. The fourth-order valence-electron chi connectivity index (χ4n) is 1.99. The average Bonchev–Trinajstić information content (AvgIpc) is 2.66. The van der Waals surface area contributed by atoms with Crippen molar-refractivity contribution >= 4 is 22.8 Å². The number of aryl methyl sites for hydroxylation is 1. The zero-order chi connectivity index (χ0) is 12.4. The first-order valence-electron chi connectivity index (χ1n) is 5.56. The van der Waals surface area contributed by atoms with E-state index in [-0.39, 0.29) is 6.04 Å². The Hall–Kier alpha value is -1.13. The Bertz CT molecular complexity index is 524. The summed E-state index contributed by atoms with van der Waals surface area (Å²) in [5, 5.41) is 0. The molecule has 0 saturated carbocycles. The van der Waals surface area contributed by atoms with Crippen molar-refractivity contribution in [3.8, 4) is 0 Å². The molecular formula is C12H16ClN3O. The molecule has 2 heterocycles. The highest BCUT2D eigenvalue weighted by atomic mass is 35.5. The Morgan fingerprint density at radius 1 is 1.41 bits per heavy atom. The number of hydrogen-bond acceptors (Lipinski definition) is 3. The average molecular weight is 254 g/mol. The maximum atomic E-state index is 5.94. The van der Waals surface area contributed by atoms with E-state index in [0.29, 0.717) is 12.5 Å². The summed E-state index contributed by atoms with van der Waals surface area (Å²) in [5.41, 5.74) is 2.74. The predicted molar refractivity (Wildman–Crippen MR) is 68.4 cm³/mol. The minimum absolute atomic E-state index is 0.174. The number of nitrogens with zero attached hydrogens (tertiary/aromatic N) is 3. The molecule has 0 saturated heterocycles. The fourth-order valence-corrected chi connectivity index (χ4v) is 2.18. The second-order valence-corrected chi connectivity index (χ2v) is 4.40. The zero-order valence-electron chi connectivity index (χ0n) is 10.3. The van der Waals surface area contributed by atoms with Crippen LogP contribution in [0.2, 0.25) is 0 Å². The Labute approximate surface area is 106 Å². The molecule has 5 heteroatoms. The van der Waals surface area contributed by atoms with Gasteiger partial charge in [-0.2, -0.15) is 0 Å². The minimum atomic E-state index is 0.174. The molecular weight excluding hydrogens is 238 g/mol. The lowest BCUT2D eigenvalue weighted by Gasteiger charge is -2.15. The van der Waals surface area contributed by atoms with Crippen molar-refractivity contribution in [2.75, 3.05) is 13.7 Å². The van der Waals surface area contributed by atoms with Crippen LogP contribution in [0.25, 0.3) is 11.2 Å². The van der Waals surface area contributed by atoms with Gasteiger partial charge in [-0.15, -0.1) is 11.6 Å². The smallest absolute Gasteiger partial charge is 0.160 e. The second-order valence-electron chi connectivity index (χ2n) is 4.13.